The highest BCUT2D eigenvalue weighted by Gasteiger charge is 2.05. The minimum atomic E-state index is 0.859. The zero-order valence-electron chi connectivity index (χ0n) is 9.42. The molecule has 2 rings (SSSR count). The predicted octanol–water partition coefficient (Wildman–Crippen LogP) is 4.20. The summed E-state index contributed by atoms with van der Waals surface area (Å²) >= 11 is 2.45. The van der Waals surface area contributed by atoms with Crippen LogP contribution in [0.5, 0.6) is 0 Å². The molecule has 0 aliphatic carbocycles. The van der Waals surface area contributed by atoms with Crippen molar-refractivity contribution in [2.75, 3.05) is 6.66 Å². The minimum Gasteiger partial charge on any atom is -0.0924 e. The Balaban J connectivity index is 2.55. The molecule has 0 bridgehead atoms. The fourth-order valence-electron chi connectivity index (χ4n) is 1.75. The van der Waals surface area contributed by atoms with Crippen molar-refractivity contribution in [1.29, 1.82) is 0 Å². The first-order valence-corrected chi connectivity index (χ1v) is 7.83. The van der Waals surface area contributed by atoms with Gasteiger partial charge in [-0.3, -0.25) is 0 Å². The average molecular weight is 340 g/mol. The number of rotatable bonds is 2. The molecule has 0 spiro atoms. The summed E-state index contributed by atoms with van der Waals surface area (Å²) in [5.74, 6) is 0. The van der Waals surface area contributed by atoms with Gasteiger partial charge in [-0.2, -0.15) is 0 Å². The zero-order valence-corrected chi connectivity index (χ0v) is 12.6. The van der Waals surface area contributed by atoms with Gasteiger partial charge in [-0.1, -0.05) is 45.0 Å². The molecule has 0 heterocycles. The van der Waals surface area contributed by atoms with E-state index in [-0.39, 0.29) is 0 Å². The summed E-state index contributed by atoms with van der Waals surface area (Å²) in [6, 6.07) is 15.2. The number of halogens is 1. The van der Waals surface area contributed by atoms with Crippen molar-refractivity contribution in [2.45, 2.75) is 6.92 Å². The molecule has 16 heavy (non-hydrogen) atoms. The fraction of sp³-hybridized carbons (Fsp3) is 0.143. The highest BCUT2D eigenvalue weighted by molar-refractivity contribution is 14.1. The van der Waals surface area contributed by atoms with Gasteiger partial charge in [0.05, 0.1) is 0 Å². The Morgan fingerprint density at radius 1 is 1.00 bits per heavy atom. The van der Waals surface area contributed by atoms with E-state index in [2.05, 4.69) is 78.6 Å². The van der Waals surface area contributed by atoms with Crippen LogP contribution in [-0.2, 0) is 0 Å². The summed E-state index contributed by atoms with van der Waals surface area (Å²) in [4.78, 5) is 0. The molecule has 0 aromatic heterocycles. The second-order valence-corrected chi connectivity index (χ2v) is 5.89. The molecule has 0 aliphatic heterocycles. The molecule has 0 N–H and O–H groups in total. The van der Waals surface area contributed by atoms with Crippen LogP contribution < -0.4 is 5.30 Å². The van der Waals surface area contributed by atoms with Gasteiger partial charge in [-0.15, -0.1) is 0 Å². The van der Waals surface area contributed by atoms with Crippen LogP contribution in [0, 0.1) is 10.5 Å². The van der Waals surface area contributed by atoms with Gasteiger partial charge in [0.15, 0.2) is 0 Å². The molecule has 82 valence electrons. The standard InChI is InChI=1S/C14H14IP/c1-10-8-12(9-13(16-2)14(10)15)11-6-4-3-5-7-11/h3-9,16H,1-2H3. The normalized spacial score (nSPS) is 11.2. The highest BCUT2D eigenvalue weighted by Crippen LogP contribution is 2.24. The summed E-state index contributed by atoms with van der Waals surface area (Å²) in [6.07, 6.45) is 0. The van der Waals surface area contributed by atoms with Crippen LogP contribution in [0.1, 0.15) is 5.56 Å². The summed E-state index contributed by atoms with van der Waals surface area (Å²) in [5.41, 5.74) is 4.02. The molecule has 0 aliphatic rings. The van der Waals surface area contributed by atoms with E-state index in [0.717, 1.165) is 8.58 Å². The van der Waals surface area contributed by atoms with Crippen LogP contribution in [0.3, 0.4) is 0 Å². The predicted molar refractivity (Wildman–Crippen MR) is 83.2 cm³/mol. The molecule has 0 saturated carbocycles. The number of hydrogen-bond acceptors (Lipinski definition) is 0. The third kappa shape index (κ3) is 2.46. The van der Waals surface area contributed by atoms with Crippen molar-refractivity contribution in [3.8, 4) is 11.1 Å². The van der Waals surface area contributed by atoms with Crippen LogP contribution in [0.4, 0.5) is 0 Å². The maximum Gasteiger partial charge on any atom is 0.0234 e. The first-order valence-electron chi connectivity index (χ1n) is 5.25. The molecule has 2 aromatic carbocycles. The van der Waals surface area contributed by atoms with E-state index in [9.17, 15) is 0 Å². The zero-order chi connectivity index (χ0) is 11.5. The smallest absolute Gasteiger partial charge is 0.0234 e. The molecule has 0 nitrogen and oxygen atoms in total. The van der Waals surface area contributed by atoms with Crippen molar-refractivity contribution >= 4 is 36.5 Å². The van der Waals surface area contributed by atoms with Gasteiger partial charge in [0.1, 0.15) is 0 Å². The SMILES string of the molecule is CPc1cc(-c2ccccc2)cc(C)c1I. The van der Waals surface area contributed by atoms with Gasteiger partial charge in [0.2, 0.25) is 0 Å². The van der Waals surface area contributed by atoms with Gasteiger partial charge in [-0.05, 0) is 64.2 Å². The Kier molecular flexibility index (Phi) is 3.99. The van der Waals surface area contributed by atoms with Crippen molar-refractivity contribution in [3.05, 3.63) is 51.6 Å². The van der Waals surface area contributed by atoms with E-state index in [0.29, 0.717) is 0 Å². The van der Waals surface area contributed by atoms with Crippen LogP contribution in [0.25, 0.3) is 11.1 Å². The Hall–Kier alpha value is -0.400. The molecular formula is C14H14IP. The van der Waals surface area contributed by atoms with Crippen molar-refractivity contribution in [1.82, 2.24) is 0 Å². The van der Waals surface area contributed by atoms with Gasteiger partial charge in [-0.25, -0.2) is 0 Å². The number of aryl methyl sites for hydroxylation is 1. The van der Waals surface area contributed by atoms with Crippen molar-refractivity contribution < 1.29 is 0 Å². The van der Waals surface area contributed by atoms with Gasteiger partial charge in [0, 0.05) is 3.57 Å². The molecule has 0 amide bonds. The largest absolute Gasteiger partial charge is 0.0924 e. The molecular weight excluding hydrogens is 326 g/mol. The van der Waals surface area contributed by atoms with E-state index in [4.69, 9.17) is 0 Å². The van der Waals surface area contributed by atoms with E-state index < -0.39 is 0 Å². The highest BCUT2D eigenvalue weighted by atomic mass is 127. The van der Waals surface area contributed by atoms with E-state index in [1.54, 1.807) is 0 Å². The first kappa shape index (κ1) is 12.1. The van der Waals surface area contributed by atoms with Gasteiger partial charge in [0.25, 0.3) is 0 Å². The molecule has 0 radical (unpaired) electrons. The Morgan fingerprint density at radius 3 is 2.31 bits per heavy atom. The fourth-order valence-corrected chi connectivity index (χ4v) is 3.59. The van der Waals surface area contributed by atoms with E-state index in [1.807, 2.05) is 0 Å². The van der Waals surface area contributed by atoms with Gasteiger partial charge >= 0.3 is 0 Å². The lowest BCUT2D eigenvalue weighted by molar-refractivity contribution is 1.45. The average Bonchev–Trinajstić information content (AvgIpc) is 2.33. The molecule has 1 unspecified atom stereocenters. The first-order chi connectivity index (χ1) is 7.72. The van der Waals surface area contributed by atoms with Crippen molar-refractivity contribution in [2.24, 2.45) is 0 Å². The summed E-state index contributed by atoms with van der Waals surface area (Å²) in [7, 11) is 0.859. The second-order valence-electron chi connectivity index (χ2n) is 3.77. The van der Waals surface area contributed by atoms with Crippen LogP contribution in [0.15, 0.2) is 42.5 Å². The lowest BCUT2D eigenvalue weighted by atomic mass is 10.0. The Labute approximate surface area is 112 Å². The summed E-state index contributed by atoms with van der Waals surface area (Å²) < 4.78 is 1.41. The summed E-state index contributed by atoms with van der Waals surface area (Å²) in [5, 5.41) is 1.47. The lowest BCUT2D eigenvalue weighted by Crippen LogP contribution is -2.02. The maximum absolute atomic E-state index is 2.45. The topological polar surface area (TPSA) is 0 Å². The van der Waals surface area contributed by atoms with Gasteiger partial charge < -0.3 is 0 Å². The third-order valence-corrected chi connectivity index (χ3v) is 5.50. The second kappa shape index (κ2) is 5.29. The van der Waals surface area contributed by atoms with Crippen LogP contribution >= 0.6 is 31.2 Å². The maximum atomic E-state index is 2.45. The van der Waals surface area contributed by atoms with E-state index in [1.165, 1.54) is 25.6 Å². The van der Waals surface area contributed by atoms with Crippen LogP contribution in [-0.4, -0.2) is 6.66 Å². The molecule has 2 heteroatoms. The van der Waals surface area contributed by atoms with E-state index >= 15 is 0 Å². The molecule has 0 saturated heterocycles. The Bertz CT molecular complexity index is 492. The number of hydrogen-bond donors (Lipinski definition) is 0. The summed E-state index contributed by atoms with van der Waals surface area (Å²) in [6.45, 7) is 4.43. The van der Waals surface area contributed by atoms with Crippen LogP contribution in [0.2, 0.25) is 0 Å². The van der Waals surface area contributed by atoms with Crippen molar-refractivity contribution in [3.63, 3.8) is 0 Å². The monoisotopic (exact) mass is 340 g/mol. The third-order valence-electron chi connectivity index (χ3n) is 2.63. The number of benzene rings is 2. The minimum absolute atomic E-state index is 0.859. The lowest BCUT2D eigenvalue weighted by Gasteiger charge is -2.09. The quantitative estimate of drug-likeness (QED) is 0.568. The molecule has 1 atom stereocenters. The Morgan fingerprint density at radius 2 is 1.69 bits per heavy atom. The molecule has 0 fully saturated rings. The molecule has 2 aromatic rings.